The topological polar surface area (TPSA) is 57.4 Å². The predicted octanol–water partition coefficient (Wildman–Crippen LogP) is 1.21. The highest BCUT2D eigenvalue weighted by Gasteiger charge is 2.46. The van der Waals surface area contributed by atoms with Crippen molar-refractivity contribution in [3.63, 3.8) is 0 Å². The highest BCUT2D eigenvalue weighted by atomic mass is 32.1. The second kappa shape index (κ2) is 3.94. The van der Waals surface area contributed by atoms with Crippen molar-refractivity contribution < 1.29 is 9.57 Å². The van der Waals surface area contributed by atoms with Gasteiger partial charge in [-0.25, -0.2) is 10.9 Å². The van der Waals surface area contributed by atoms with Crippen LogP contribution in [0.4, 0.5) is 0 Å². The Balaban J connectivity index is 2.08. The molecule has 0 bridgehead atoms. The largest absolute Gasteiger partial charge is 0.378 e. The summed E-state index contributed by atoms with van der Waals surface area (Å²) in [6, 6.07) is 0. The molecule has 0 aromatic carbocycles. The van der Waals surface area contributed by atoms with Crippen molar-refractivity contribution in [1.82, 2.24) is 4.98 Å². The molecule has 78 valence electrons. The lowest BCUT2D eigenvalue weighted by molar-refractivity contribution is 0.115. The van der Waals surface area contributed by atoms with E-state index in [2.05, 4.69) is 10.4 Å². The maximum absolute atomic E-state index is 5.11. The van der Waals surface area contributed by atoms with Gasteiger partial charge in [0.2, 0.25) is 0 Å². The van der Waals surface area contributed by atoms with E-state index in [0.29, 0.717) is 13.2 Å². The highest BCUT2D eigenvalue weighted by molar-refractivity contribution is 7.09. The molecule has 1 aliphatic carbocycles. The van der Waals surface area contributed by atoms with Crippen molar-refractivity contribution in [3.05, 3.63) is 16.1 Å². The smallest absolute Gasteiger partial charge is 0.119 e. The quantitative estimate of drug-likeness (QED) is 0.748. The van der Waals surface area contributed by atoms with Crippen molar-refractivity contribution >= 4 is 11.3 Å². The number of nitrogens with two attached hydrogens (primary N) is 1. The first-order valence-electron chi connectivity index (χ1n) is 4.56. The van der Waals surface area contributed by atoms with Crippen LogP contribution in [0.25, 0.3) is 0 Å². The lowest BCUT2D eigenvalue weighted by Gasteiger charge is -2.09. The molecule has 0 spiro atoms. The number of nitrogens with zero attached hydrogens (tertiary/aromatic N) is 1. The van der Waals surface area contributed by atoms with Crippen LogP contribution in [0.1, 0.15) is 23.5 Å². The molecule has 1 aromatic heterocycles. The third kappa shape index (κ3) is 1.81. The molecule has 0 aliphatic heterocycles. The van der Waals surface area contributed by atoms with E-state index in [0.717, 1.165) is 23.5 Å². The zero-order valence-electron chi connectivity index (χ0n) is 8.16. The Kier molecular flexibility index (Phi) is 2.83. The fraction of sp³-hybridized carbons (Fsp3) is 0.667. The van der Waals surface area contributed by atoms with Gasteiger partial charge in [-0.3, -0.25) is 0 Å². The van der Waals surface area contributed by atoms with Crippen LogP contribution in [0.15, 0.2) is 5.38 Å². The molecule has 1 aromatic rings. The van der Waals surface area contributed by atoms with E-state index in [9.17, 15) is 0 Å². The Bertz CT molecular complexity index is 310. The van der Waals surface area contributed by atoms with Gasteiger partial charge in [0.1, 0.15) is 5.01 Å². The van der Waals surface area contributed by atoms with Crippen molar-refractivity contribution in [3.8, 4) is 0 Å². The molecule has 0 atom stereocenters. The summed E-state index contributed by atoms with van der Waals surface area (Å²) in [7, 11) is 1.68. The molecule has 0 saturated heterocycles. The molecule has 0 amide bonds. The Hall–Kier alpha value is -0.490. The number of methoxy groups -OCH3 is 1. The summed E-state index contributed by atoms with van der Waals surface area (Å²) >= 11 is 1.63. The lowest BCUT2D eigenvalue weighted by Crippen LogP contribution is -2.18. The maximum Gasteiger partial charge on any atom is 0.119 e. The molecule has 0 radical (unpaired) electrons. The molecule has 0 unspecified atom stereocenters. The van der Waals surface area contributed by atoms with Gasteiger partial charge in [-0.05, 0) is 12.8 Å². The lowest BCUT2D eigenvalue weighted by atomic mass is 10.1. The SMILES string of the molecule is COCc1nc(C2(CON)CC2)cs1. The third-order valence-corrected chi connectivity index (χ3v) is 3.40. The summed E-state index contributed by atoms with van der Waals surface area (Å²) in [5, 5.41) is 3.10. The molecule has 1 saturated carbocycles. The summed E-state index contributed by atoms with van der Waals surface area (Å²) in [6.45, 7) is 1.16. The molecule has 2 N–H and O–H groups in total. The van der Waals surface area contributed by atoms with Gasteiger partial charge >= 0.3 is 0 Å². The molecule has 5 heteroatoms. The van der Waals surface area contributed by atoms with Gasteiger partial charge in [-0.1, -0.05) is 0 Å². The number of rotatable bonds is 5. The van der Waals surface area contributed by atoms with Crippen LogP contribution in [0, 0.1) is 0 Å². The van der Waals surface area contributed by atoms with E-state index in [-0.39, 0.29) is 5.41 Å². The maximum atomic E-state index is 5.11. The normalized spacial score (nSPS) is 18.4. The van der Waals surface area contributed by atoms with Crippen LogP contribution in [0.3, 0.4) is 0 Å². The summed E-state index contributed by atoms with van der Waals surface area (Å²) in [5.41, 5.74) is 1.22. The fourth-order valence-electron chi connectivity index (χ4n) is 1.53. The predicted molar refractivity (Wildman–Crippen MR) is 53.9 cm³/mol. The Morgan fingerprint density at radius 3 is 3.00 bits per heavy atom. The van der Waals surface area contributed by atoms with Crippen LogP contribution >= 0.6 is 11.3 Å². The number of aromatic nitrogens is 1. The minimum absolute atomic E-state index is 0.108. The van der Waals surface area contributed by atoms with E-state index in [4.69, 9.17) is 15.5 Å². The number of thiazole rings is 1. The zero-order valence-corrected chi connectivity index (χ0v) is 8.97. The first-order valence-corrected chi connectivity index (χ1v) is 5.44. The molecule has 1 fully saturated rings. The van der Waals surface area contributed by atoms with Gasteiger partial charge in [0.25, 0.3) is 0 Å². The Morgan fingerprint density at radius 2 is 2.43 bits per heavy atom. The summed E-state index contributed by atoms with van der Waals surface area (Å²) in [5.74, 6) is 5.11. The summed E-state index contributed by atoms with van der Waals surface area (Å²) < 4.78 is 5.03. The van der Waals surface area contributed by atoms with Gasteiger partial charge in [-0.2, -0.15) is 0 Å². The molecule has 1 aliphatic rings. The second-order valence-corrected chi connectivity index (χ2v) is 4.59. The summed E-state index contributed by atoms with van der Waals surface area (Å²) in [4.78, 5) is 9.24. The van der Waals surface area contributed by atoms with Gasteiger partial charge < -0.3 is 9.57 Å². The monoisotopic (exact) mass is 214 g/mol. The molecule has 4 nitrogen and oxygen atoms in total. The van der Waals surface area contributed by atoms with Gasteiger partial charge in [0.05, 0.1) is 18.9 Å². The summed E-state index contributed by atoms with van der Waals surface area (Å²) in [6.07, 6.45) is 2.25. The second-order valence-electron chi connectivity index (χ2n) is 3.65. The number of ether oxygens (including phenoxy) is 1. The van der Waals surface area contributed by atoms with Crippen LogP contribution < -0.4 is 5.90 Å². The van der Waals surface area contributed by atoms with Crippen molar-refractivity contribution in [2.45, 2.75) is 24.9 Å². The van der Waals surface area contributed by atoms with Crippen molar-refractivity contribution in [1.29, 1.82) is 0 Å². The third-order valence-electron chi connectivity index (χ3n) is 2.58. The van der Waals surface area contributed by atoms with Crippen molar-refractivity contribution in [2.75, 3.05) is 13.7 Å². The molecule has 2 rings (SSSR count). The fourth-order valence-corrected chi connectivity index (χ4v) is 2.42. The molecule has 1 heterocycles. The first-order chi connectivity index (χ1) is 6.80. The molecular formula is C9H14N2O2S. The standard InChI is InChI=1S/C9H14N2O2S/c1-12-4-8-11-7(5-14-8)9(2-3-9)6-13-10/h5H,2-4,6,10H2,1H3. The minimum atomic E-state index is 0.108. The van der Waals surface area contributed by atoms with Crippen LogP contribution in [-0.2, 0) is 21.6 Å². The van der Waals surface area contributed by atoms with Gasteiger partial charge in [-0.15, -0.1) is 11.3 Å². The average molecular weight is 214 g/mol. The molecular weight excluding hydrogens is 200 g/mol. The van der Waals surface area contributed by atoms with Gasteiger partial charge in [0, 0.05) is 17.9 Å². The zero-order chi connectivity index (χ0) is 10.0. The van der Waals surface area contributed by atoms with E-state index < -0.39 is 0 Å². The minimum Gasteiger partial charge on any atom is -0.378 e. The average Bonchev–Trinajstić information content (AvgIpc) is 2.79. The molecule has 14 heavy (non-hydrogen) atoms. The van der Waals surface area contributed by atoms with Gasteiger partial charge in [0.15, 0.2) is 0 Å². The number of hydrogen-bond acceptors (Lipinski definition) is 5. The van der Waals surface area contributed by atoms with E-state index >= 15 is 0 Å². The van der Waals surface area contributed by atoms with E-state index in [1.807, 2.05) is 0 Å². The van der Waals surface area contributed by atoms with Crippen LogP contribution in [0.5, 0.6) is 0 Å². The highest BCUT2D eigenvalue weighted by Crippen LogP contribution is 2.48. The van der Waals surface area contributed by atoms with E-state index in [1.165, 1.54) is 0 Å². The van der Waals surface area contributed by atoms with Crippen molar-refractivity contribution in [2.24, 2.45) is 5.90 Å². The Morgan fingerprint density at radius 1 is 1.64 bits per heavy atom. The first kappa shape index (κ1) is 10.0. The van der Waals surface area contributed by atoms with E-state index in [1.54, 1.807) is 18.4 Å². The van der Waals surface area contributed by atoms with Crippen LogP contribution in [-0.4, -0.2) is 18.7 Å². The van der Waals surface area contributed by atoms with Crippen LogP contribution in [0.2, 0.25) is 0 Å². The number of hydrogen-bond donors (Lipinski definition) is 1. The Labute approximate surface area is 87.0 Å².